The lowest BCUT2D eigenvalue weighted by atomic mass is 9.79. The van der Waals surface area contributed by atoms with Crippen LogP contribution in [0.5, 0.6) is 0 Å². The van der Waals surface area contributed by atoms with Gasteiger partial charge in [-0.2, -0.15) is 0 Å². The molecular formula is C22H30N2O. The number of unbranched alkanes of at least 4 members (excludes halogenated alkanes) is 3. The van der Waals surface area contributed by atoms with Crippen molar-refractivity contribution in [3.05, 3.63) is 41.6 Å². The van der Waals surface area contributed by atoms with Gasteiger partial charge in [-0.1, -0.05) is 38.3 Å². The molecule has 0 saturated carbocycles. The summed E-state index contributed by atoms with van der Waals surface area (Å²) < 4.78 is 2.46. The number of β-amino-alcohol motifs (C(OH)–C–C–N with tert-alkyl or cyclic N) is 1. The first kappa shape index (κ1) is 16.9. The maximum absolute atomic E-state index is 10.6. The third-order valence-corrected chi connectivity index (χ3v) is 5.89. The minimum atomic E-state index is -0.747. The van der Waals surface area contributed by atoms with Gasteiger partial charge in [0.2, 0.25) is 0 Å². The van der Waals surface area contributed by atoms with Crippen LogP contribution in [0.15, 0.2) is 30.5 Å². The molecule has 3 heteroatoms. The molecule has 0 spiro atoms. The van der Waals surface area contributed by atoms with Crippen LogP contribution in [0.4, 0.5) is 0 Å². The Morgan fingerprint density at radius 2 is 2.08 bits per heavy atom. The fraction of sp³-hybridized carbons (Fsp3) is 0.545. The van der Waals surface area contributed by atoms with Crippen molar-refractivity contribution in [1.29, 1.82) is 0 Å². The molecule has 2 aliphatic rings. The van der Waals surface area contributed by atoms with E-state index in [9.17, 15) is 5.11 Å². The van der Waals surface area contributed by atoms with Crippen LogP contribution >= 0.6 is 0 Å². The van der Waals surface area contributed by atoms with E-state index in [2.05, 4.69) is 53.9 Å². The first-order chi connectivity index (χ1) is 12.0. The zero-order valence-corrected chi connectivity index (χ0v) is 15.8. The van der Waals surface area contributed by atoms with Crippen molar-refractivity contribution in [3.63, 3.8) is 0 Å². The molecule has 1 aromatic carbocycles. The average Bonchev–Trinajstić information content (AvgIpc) is 2.92. The van der Waals surface area contributed by atoms with Crippen molar-refractivity contribution in [1.82, 2.24) is 9.47 Å². The summed E-state index contributed by atoms with van der Waals surface area (Å²) in [6.07, 6.45) is 10.7. The Morgan fingerprint density at radius 1 is 1.24 bits per heavy atom. The van der Waals surface area contributed by atoms with Gasteiger partial charge in [0.25, 0.3) is 0 Å². The summed E-state index contributed by atoms with van der Waals surface area (Å²) in [5.41, 5.74) is 4.71. The largest absolute Gasteiger partial charge is 0.385 e. The molecule has 3 nitrogen and oxygen atoms in total. The van der Waals surface area contributed by atoms with E-state index in [0.717, 1.165) is 13.0 Å². The maximum Gasteiger partial charge on any atom is 0.0932 e. The molecular weight excluding hydrogens is 308 g/mol. The molecule has 0 amide bonds. The highest BCUT2D eigenvalue weighted by molar-refractivity contribution is 5.98. The Kier molecular flexibility index (Phi) is 4.25. The number of hydrogen-bond donors (Lipinski definition) is 1. The molecule has 2 atom stereocenters. The fourth-order valence-electron chi connectivity index (χ4n) is 4.79. The van der Waals surface area contributed by atoms with E-state index in [-0.39, 0.29) is 0 Å². The second-order valence-electron chi connectivity index (χ2n) is 8.20. The topological polar surface area (TPSA) is 28.4 Å². The van der Waals surface area contributed by atoms with Crippen molar-refractivity contribution >= 4 is 16.5 Å². The van der Waals surface area contributed by atoms with Gasteiger partial charge in [0.05, 0.1) is 5.60 Å². The number of likely N-dealkylation sites (N-methyl/N-ethyl adjacent to an activating group) is 1. The zero-order chi connectivity index (χ0) is 17.6. The van der Waals surface area contributed by atoms with Crippen molar-refractivity contribution in [3.8, 4) is 0 Å². The lowest BCUT2D eigenvalue weighted by Gasteiger charge is -2.42. The number of aromatic nitrogens is 1. The van der Waals surface area contributed by atoms with Crippen molar-refractivity contribution in [2.75, 3.05) is 13.6 Å². The monoisotopic (exact) mass is 338 g/mol. The number of aliphatic hydroxyl groups is 1. The molecule has 0 unspecified atom stereocenters. The van der Waals surface area contributed by atoms with E-state index >= 15 is 0 Å². The second-order valence-corrected chi connectivity index (χ2v) is 8.20. The summed E-state index contributed by atoms with van der Waals surface area (Å²) >= 11 is 0. The van der Waals surface area contributed by atoms with E-state index in [1.165, 1.54) is 53.3 Å². The third kappa shape index (κ3) is 2.94. The first-order valence-electron chi connectivity index (χ1n) is 9.76. The number of benzene rings is 1. The molecule has 134 valence electrons. The van der Waals surface area contributed by atoms with Gasteiger partial charge in [-0.05, 0) is 55.7 Å². The van der Waals surface area contributed by atoms with Gasteiger partial charge in [0.1, 0.15) is 0 Å². The Labute approximate surface area is 150 Å². The predicted molar refractivity (Wildman–Crippen MR) is 105 cm³/mol. The van der Waals surface area contributed by atoms with Gasteiger partial charge in [-0.3, -0.25) is 4.90 Å². The maximum atomic E-state index is 10.6. The highest BCUT2D eigenvalue weighted by Crippen LogP contribution is 2.42. The number of rotatable bonds is 5. The number of aryl methyl sites for hydroxylation is 1. The van der Waals surface area contributed by atoms with E-state index in [1.807, 2.05) is 6.92 Å². The zero-order valence-electron chi connectivity index (χ0n) is 15.8. The van der Waals surface area contributed by atoms with Crippen LogP contribution in [0.2, 0.25) is 0 Å². The Morgan fingerprint density at radius 3 is 2.88 bits per heavy atom. The van der Waals surface area contributed by atoms with Crippen molar-refractivity contribution < 1.29 is 5.11 Å². The predicted octanol–water partition coefficient (Wildman–Crippen LogP) is 4.23. The van der Waals surface area contributed by atoms with Crippen LogP contribution in [-0.2, 0) is 13.0 Å². The van der Waals surface area contributed by atoms with Crippen molar-refractivity contribution in [2.45, 2.75) is 64.1 Å². The van der Waals surface area contributed by atoms with Gasteiger partial charge in [0.15, 0.2) is 0 Å². The molecule has 0 fully saturated rings. The van der Waals surface area contributed by atoms with Crippen LogP contribution in [-0.4, -0.2) is 39.8 Å². The quantitative estimate of drug-likeness (QED) is 0.827. The van der Waals surface area contributed by atoms with E-state index in [1.54, 1.807) is 0 Å². The standard InChI is InChI=1S/C22H30N2O/c1-4-5-6-7-11-24-14-16-12-20-18(13-22(2,25)15-23(20)3)17-9-8-10-19(24)21(16)17/h8-10,13-14,20,25H,4-7,11-12,15H2,1-3H3/t20-,22+/m0/s1. The molecule has 4 rings (SSSR count). The number of hydrogen-bond acceptors (Lipinski definition) is 2. The number of nitrogens with zero attached hydrogens (tertiary/aromatic N) is 2. The minimum Gasteiger partial charge on any atom is -0.385 e. The first-order valence-corrected chi connectivity index (χ1v) is 9.76. The number of fused-ring (bicyclic) bond motifs is 2. The fourth-order valence-corrected chi connectivity index (χ4v) is 4.79. The molecule has 1 aliphatic carbocycles. The summed E-state index contributed by atoms with van der Waals surface area (Å²) in [5, 5.41) is 12.0. The summed E-state index contributed by atoms with van der Waals surface area (Å²) in [4.78, 5) is 2.32. The summed E-state index contributed by atoms with van der Waals surface area (Å²) in [6, 6.07) is 7.05. The second kappa shape index (κ2) is 6.30. The van der Waals surface area contributed by atoms with E-state index in [0.29, 0.717) is 12.6 Å². The lowest BCUT2D eigenvalue weighted by Crippen LogP contribution is -2.49. The molecule has 1 N–H and O–H groups in total. The highest BCUT2D eigenvalue weighted by Gasteiger charge is 2.37. The Bertz CT molecular complexity index is 815. The Hall–Kier alpha value is -1.58. The molecule has 1 aliphatic heterocycles. The van der Waals surface area contributed by atoms with Gasteiger partial charge >= 0.3 is 0 Å². The molecule has 0 bridgehead atoms. The summed E-state index contributed by atoms with van der Waals surface area (Å²) in [5.74, 6) is 0. The van der Waals surface area contributed by atoms with E-state index < -0.39 is 5.60 Å². The molecule has 1 aromatic heterocycles. The van der Waals surface area contributed by atoms with Crippen LogP contribution in [0.1, 0.15) is 50.7 Å². The Balaban J connectivity index is 1.76. The van der Waals surface area contributed by atoms with Crippen LogP contribution in [0.3, 0.4) is 0 Å². The van der Waals surface area contributed by atoms with Crippen molar-refractivity contribution in [2.24, 2.45) is 0 Å². The van der Waals surface area contributed by atoms with Gasteiger partial charge in [-0.25, -0.2) is 0 Å². The van der Waals surface area contributed by atoms with Crippen LogP contribution < -0.4 is 0 Å². The molecule has 0 radical (unpaired) electrons. The molecule has 2 heterocycles. The molecule has 2 aromatic rings. The summed E-state index contributed by atoms with van der Waals surface area (Å²) in [6.45, 7) is 5.99. The molecule has 0 saturated heterocycles. The minimum absolute atomic E-state index is 0.384. The van der Waals surface area contributed by atoms with E-state index in [4.69, 9.17) is 0 Å². The van der Waals surface area contributed by atoms with Gasteiger partial charge < -0.3 is 9.67 Å². The van der Waals surface area contributed by atoms with Gasteiger partial charge in [-0.15, -0.1) is 0 Å². The summed E-state index contributed by atoms with van der Waals surface area (Å²) in [7, 11) is 2.14. The van der Waals surface area contributed by atoms with Crippen LogP contribution in [0.25, 0.3) is 16.5 Å². The average molecular weight is 338 g/mol. The molecule has 25 heavy (non-hydrogen) atoms. The lowest BCUT2D eigenvalue weighted by molar-refractivity contribution is 0.0543. The smallest absolute Gasteiger partial charge is 0.0932 e. The SMILES string of the molecule is CCCCCCn1cc2c3c(cccc31)C1=C[C@@](C)(O)CN(C)[C@H]1C2. The van der Waals surface area contributed by atoms with Crippen LogP contribution in [0, 0.1) is 0 Å². The highest BCUT2D eigenvalue weighted by atomic mass is 16.3. The normalized spacial score (nSPS) is 25.9. The third-order valence-electron chi connectivity index (χ3n) is 5.89. The van der Waals surface area contributed by atoms with Gasteiger partial charge in [0, 0.05) is 36.2 Å².